The summed E-state index contributed by atoms with van der Waals surface area (Å²) < 4.78 is 0. The summed E-state index contributed by atoms with van der Waals surface area (Å²) in [4.78, 5) is 11.6. The van der Waals surface area contributed by atoms with Crippen LogP contribution < -0.4 is 10.6 Å². The number of benzene rings is 1. The number of hydrogen-bond acceptors (Lipinski definition) is 3. The Balaban J connectivity index is 0.00000210. The fourth-order valence-corrected chi connectivity index (χ4v) is 4.38. The minimum Gasteiger partial charge on any atom is -0.352 e. The second-order valence-corrected chi connectivity index (χ2v) is 7.47. The lowest BCUT2D eigenvalue weighted by Gasteiger charge is -2.24. The van der Waals surface area contributed by atoms with Crippen molar-refractivity contribution in [1.82, 2.24) is 20.5 Å². The lowest BCUT2D eigenvalue weighted by atomic mass is 10.1. The normalized spacial score (nSPS) is 21.4. The van der Waals surface area contributed by atoms with Crippen molar-refractivity contribution < 1.29 is 0 Å². The summed E-state index contributed by atoms with van der Waals surface area (Å²) in [6.45, 7) is 3.03. The van der Waals surface area contributed by atoms with Crippen molar-refractivity contribution in [3.8, 4) is 0 Å². The molecule has 2 fully saturated rings. The van der Waals surface area contributed by atoms with Crippen LogP contribution in [0.4, 0.5) is 0 Å². The third-order valence-electron chi connectivity index (χ3n) is 5.80. The van der Waals surface area contributed by atoms with Gasteiger partial charge in [-0.25, -0.2) is 0 Å². The number of nitrogens with zero attached hydrogens (tertiary/aromatic N) is 3. The number of halogens is 1. The molecule has 0 bridgehead atoms. The van der Waals surface area contributed by atoms with E-state index >= 15 is 0 Å². The quantitative estimate of drug-likeness (QED) is 0.400. The van der Waals surface area contributed by atoms with Gasteiger partial charge in [-0.05, 0) is 30.7 Å². The molecule has 0 radical (unpaired) electrons. The fraction of sp³-hybridized carbons (Fsp3) is 0.524. The highest BCUT2D eigenvalue weighted by Crippen LogP contribution is 2.26. The van der Waals surface area contributed by atoms with Gasteiger partial charge in [-0.2, -0.15) is 0 Å². The monoisotopic (exact) mass is 479 g/mol. The van der Waals surface area contributed by atoms with E-state index in [1.54, 1.807) is 0 Å². The average molecular weight is 479 g/mol. The van der Waals surface area contributed by atoms with Crippen LogP contribution in [0.2, 0.25) is 0 Å². The third-order valence-corrected chi connectivity index (χ3v) is 5.80. The molecule has 1 aliphatic heterocycles. The maximum Gasteiger partial charge on any atom is 0.191 e. The predicted molar refractivity (Wildman–Crippen MR) is 123 cm³/mol. The van der Waals surface area contributed by atoms with Crippen LogP contribution in [0.15, 0.2) is 41.5 Å². The Hall–Kier alpha value is -1.41. The minimum atomic E-state index is 0. The number of hydrogen-bond donors (Lipinski definition) is 2. The van der Waals surface area contributed by atoms with Crippen molar-refractivity contribution in [3.63, 3.8) is 0 Å². The van der Waals surface area contributed by atoms with E-state index in [-0.39, 0.29) is 24.0 Å². The molecule has 2 aromatic rings. The molecule has 6 heteroatoms. The minimum absolute atomic E-state index is 0. The van der Waals surface area contributed by atoms with Crippen LogP contribution >= 0.6 is 24.0 Å². The van der Waals surface area contributed by atoms with Crippen LogP contribution in [0.1, 0.15) is 37.8 Å². The van der Waals surface area contributed by atoms with Crippen molar-refractivity contribution in [3.05, 3.63) is 42.2 Å². The van der Waals surface area contributed by atoms with Crippen molar-refractivity contribution in [2.75, 3.05) is 20.1 Å². The van der Waals surface area contributed by atoms with Gasteiger partial charge >= 0.3 is 0 Å². The lowest BCUT2D eigenvalue weighted by Crippen LogP contribution is -2.45. The van der Waals surface area contributed by atoms with Gasteiger partial charge in [0.15, 0.2) is 5.96 Å². The molecule has 1 unspecified atom stereocenters. The molecule has 1 aliphatic carbocycles. The Bertz CT molecular complexity index is 767. The van der Waals surface area contributed by atoms with Crippen LogP contribution in [0.25, 0.3) is 10.8 Å². The fourth-order valence-electron chi connectivity index (χ4n) is 4.38. The molecule has 1 aromatic heterocycles. The Labute approximate surface area is 179 Å². The van der Waals surface area contributed by atoms with Crippen molar-refractivity contribution in [2.45, 2.75) is 50.7 Å². The number of likely N-dealkylation sites (tertiary alicyclic amines) is 1. The summed E-state index contributed by atoms with van der Waals surface area (Å²) in [6, 6.07) is 11.8. The van der Waals surface area contributed by atoms with Crippen LogP contribution in [0.3, 0.4) is 0 Å². The zero-order chi connectivity index (χ0) is 17.8. The van der Waals surface area contributed by atoms with Gasteiger partial charge < -0.3 is 10.6 Å². The molecule has 0 spiro atoms. The summed E-state index contributed by atoms with van der Waals surface area (Å²) in [5, 5.41) is 9.48. The van der Waals surface area contributed by atoms with E-state index < -0.39 is 0 Å². The molecule has 1 atom stereocenters. The maximum absolute atomic E-state index is 4.56. The van der Waals surface area contributed by atoms with Crippen LogP contribution in [0, 0.1) is 0 Å². The molecule has 146 valence electrons. The Morgan fingerprint density at radius 2 is 2.00 bits per heavy atom. The van der Waals surface area contributed by atoms with Crippen molar-refractivity contribution in [1.29, 1.82) is 0 Å². The maximum atomic E-state index is 4.56. The molecule has 0 amide bonds. The van der Waals surface area contributed by atoms with Crippen molar-refractivity contribution >= 4 is 40.7 Å². The first-order valence-electron chi connectivity index (χ1n) is 9.87. The van der Waals surface area contributed by atoms with Gasteiger partial charge in [0.25, 0.3) is 0 Å². The van der Waals surface area contributed by atoms with E-state index in [0.717, 1.165) is 24.2 Å². The summed E-state index contributed by atoms with van der Waals surface area (Å²) in [6.07, 6.45) is 8.65. The smallest absolute Gasteiger partial charge is 0.191 e. The molecular formula is C21H30IN5. The number of nitrogens with one attached hydrogen (secondary N) is 2. The summed E-state index contributed by atoms with van der Waals surface area (Å²) in [5.41, 5.74) is 1.06. The van der Waals surface area contributed by atoms with E-state index in [9.17, 15) is 0 Å². The molecule has 2 heterocycles. The molecule has 2 N–H and O–H groups in total. The summed E-state index contributed by atoms with van der Waals surface area (Å²) in [7, 11) is 1.84. The molecule has 1 saturated carbocycles. The predicted octanol–water partition coefficient (Wildman–Crippen LogP) is 3.53. The second kappa shape index (κ2) is 9.68. The zero-order valence-corrected chi connectivity index (χ0v) is 18.4. The van der Waals surface area contributed by atoms with Crippen molar-refractivity contribution in [2.24, 2.45) is 4.99 Å². The zero-order valence-electron chi connectivity index (χ0n) is 16.0. The molecule has 2 aliphatic rings. The SMILES string of the molecule is CN=C(NCc1nccc2ccccc12)NC1CCN(C2CCCC2)C1.I. The van der Waals surface area contributed by atoms with Gasteiger partial charge in [-0.1, -0.05) is 37.1 Å². The molecule has 1 saturated heterocycles. The Kier molecular flexibility index (Phi) is 7.29. The first kappa shape index (κ1) is 20.3. The third kappa shape index (κ3) is 4.90. The topological polar surface area (TPSA) is 52.6 Å². The lowest BCUT2D eigenvalue weighted by molar-refractivity contribution is 0.242. The summed E-state index contributed by atoms with van der Waals surface area (Å²) in [5.74, 6) is 0.873. The van der Waals surface area contributed by atoms with E-state index in [4.69, 9.17) is 0 Å². The molecular weight excluding hydrogens is 449 g/mol. The average Bonchev–Trinajstić information content (AvgIpc) is 3.36. The van der Waals surface area contributed by atoms with Crippen LogP contribution in [-0.2, 0) is 6.54 Å². The molecule has 27 heavy (non-hydrogen) atoms. The van der Waals surface area contributed by atoms with Gasteiger partial charge in [0.2, 0.25) is 0 Å². The van der Waals surface area contributed by atoms with E-state index in [1.165, 1.54) is 49.4 Å². The Morgan fingerprint density at radius 3 is 2.81 bits per heavy atom. The van der Waals surface area contributed by atoms with Crippen LogP contribution in [-0.4, -0.2) is 48.1 Å². The number of fused-ring (bicyclic) bond motifs is 1. The molecule has 1 aromatic carbocycles. The first-order chi connectivity index (χ1) is 12.8. The van der Waals surface area contributed by atoms with Gasteiger partial charge in [0.1, 0.15) is 0 Å². The van der Waals surface area contributed by atoms with Crippen LogP contribution in [0.5, 0.6) is 0 Å². The number of pyridine rings is 1. The molecule has 5 nitrogen and oxygen atoms in total. The van der Waals surface area contributed by atoms with E-state index in [1.807, 2.05) is 13.2 Å². The standard InChI is InChI=1S/C21H29N5.HI/c1-22-21(25-17-11-13-26(15-17)18-7-3-4-8-18)24-14-20-19-9-5-2-6-16(19)10-12-23-20;/h2,5-6,9-10,12,17-18H,3-4,7-8,11,13-15H2,1H3,(H2,22,24,25);1H. The highest BCUT2D eigenvalue weighted by molar-refractivity contribution is 14.0. The summed E-state index contributed by atoms with van der Waals surface area (Å²) >= 11 is 0. The Morgan fingerprint density at radius 1 is 1.19 bits per heavy atom. The largest absolute Gasteiger partial charge is 0.352 e. The van der Waals surface area contributed by atoms with Gasteiger partial charge in [0.05, 0.1) is 12.2 Å². The van der Waals surface area contributed by atoms with E-state index in [0.29, 0.717) is 12.6 Å². The number of rotatable bonds is 4. The highest BCUT2D eigenvalue weighted by atomic mass is 127. The highest BCUT2D eigenvalue weighted by Gasteiger charge is 2.30. The number of aromatic nitrogens is 1. The van der Waals surface area contributed by atoms with E-state index in [2.05, 4.69) is 55.8 Å². The number of aliphatic imine (C=N–C) groups is 1. The van der Waals surface area contributed by atoms with Gasteiger partial charge in [-0.15, -0.1) is 24.0 Å². The number of guanidine groups is 1. The van der Waals surface area contributed by atoms with Gasteiger partial charge in [0, 0.05) is 43.8 Å². The second-order valence-electron chi connectivity index (χ2n) is 7.47. The molecule has 4 rings (SSSR count). The van der Waals surface area contributed by atoms with Gasteiger partial charge in [-0.3, -0.25) is 14.9 Å². The first-order valence-corrected chi connectivity index (χ1v) is 9.87.